The highest BCUT2D eigenvalue weighted by Gasteiger charge is 2.13. The molecule has 0 aliphatic rings. The van der Waals surface area contributed by atoms with Crippen LogP contribution in [0.5, 0.6) is 0 Å². The van der Waals surface area contributed by atoms with Crippen LogP contribution in [-0.4, -0.2) is 35.3 Å². The van der Waals surface area contributed by atoms with Crippen LogP contribution in [0.3, 0.4) is 0 Å². The second-order valence-corrected chi connectivity index (χ2v) is 5.81. The molecule has 27 heavy (non-hydrogen) atoms. The molecule has 4 aromatic rings. The zero-order valence-corrected chi connectivity index (χ0v) is 14.2. The Balaban J connectivity index is 1.49. The van der Waals surface area contributed by atoms with Gasteiger partial charge in [0.2, 0.25) is 17.6 Å². The van der Waals surface area contributed by atoms with Gasteiger partial charge in [-0.25, -0.2) is 0 Å². The number of nitro groups is 1. The second-order valence-electron chi connectivity index (χ2n) is 5.81. The van der Waals surface area contributed by atoms with Crippen molar-refractivity contribution in [2.24, 2.45) is 0 Å². The van der Waals surface area contributed by atoms with Crippen LogP contribution in [0.25, 0.3) is 22.8 Å². The number of hydrogen-bond acceptors (Lipinski definition) is 8. The molecule has 0 aliphatic carbocycles. The summed E-state index contributed by atoms with van der Waals surface area (Å²) in [6, 6.07) is 13.7. The average Bonchev–Trinajstić information content (AvgIpc) is 3.33. The number of hydrogen-bond donors (Lipinski definition) is 0. The fourth-order valence-electron chi connectivity index (χ4n) is 2.41. The van der Waals surface area contributed by atoms with Crippen molar-refractivity contribution in [3.05, 3.63) is 70.1 Å². The van der Waals surface area contributed by atoms with Crippen LogP contribution in [0, 0.1) is 17.0 Å². The molecule has 2 aromatic carbocycles. The van der Waals surface area contributed by atoms with Crippen molar-refractivity contribution in [2.75, 3.05) is 0 Å². The minimum absolute atomic E-state index is 0.00561. The van der Waals surface area contributed by atoms with Gasteiger partial charge in [-0.2, -0.15) is 4.80 Å². The molecule has 0 unspecified atom stereocenters. The molecule has 0 radical (unpaired) electrons. The molecule has 4 rings (SSSR count). The van der Waals surface area contributed by atoms with Gasteiger partial charge in [0.1, 0.15) is 6.54 Å². The SMILES string of the molecule is Cc1ccc(-c2nnn(Cc3nnc(-c4ccc([N+](=O)[O-])cc4)o3)n2)cc1. The van der Waals surface area contributed by atoms with E-state index in [0.717, 1.165) is 11.1 Å². The molecule has 2 aromatic heterocycles. The summed E-state index contributed by atoms with van der Waals surface area (Å²) in [5, 5.41) is 31.0. The Morgan fingerprint density at radius 2 is 1.70 bits per heavy atom. The summed E-state index contributed by atoms with van der Waals surface area (Å²) >= 11 is 0. The Morgan fingerprint density at radius 1 is 1.00 bits per heavy atom. The third kappa shape index (κ3) is 3.54. The van der Waals surface area contributed by atoms with E-state index in [0.29, 0.717) is 17.3 Å². The minimum Gasteiger partial charge on any atom is -0.419 e. The number of rotatable bonds is 5. The summed E-state index contributed by atoms with van der Waals surface area (Å²) in [7, 11) is 0. The zero-order valence-electron chi connectivity index (χ0n) is 14.2. The molecular formula is C17H13N7O3. The van der Waals surface area contributed by atoms with Gasteiger partial charge in [-0.15, -0.1) is 20.4 Å². The van der Waals surface area contributed by atoms with Crippen molar-refractivity contribution in [1.29, 1.82) is 0 Å². The number of benzene rings is 2. The molecular weight excluding hydrogens is 350 g/mol. The summed E-state index contributed by atoms with van der Waals surface area (Å²) in [6.45, 7) is 2.17. The van der Waals surface area contributed by atoms with E-state index in [1.165, 1.54) is 16.9 Å². The molecule has 0 N–H and O–H groups in total. The molecule has 0 amide bonds. The maximum absolute atomic E-state index is 10.7. The van der Waals surface area contributed by atoms with E-state index < -0.39 is 4.92 Å². The summed E-state index contributed by atoms with van der Waals surface area (Å²) in [4.78, 5) is 11.6. The predicted octanol–water partition coefficient (Wildman–Crippen LogP) is 2.66. The highest BCUT2D eigenvalue weighted by atomic mass is 16.6. The molecule has 0 aliphatic heterocycles. The number of nitro benzene ring substituents is 1. The molecule has 0 saturated carbocycles. The first-order valence-corrected chi connectivity index (χ1v) is 8.00. The normalized spacial score (nSPS) is 10.9. The Kier molecular flexibility index (Phi) is 4.13. The third-order valence-electron chi connectivity index (χ3n) is 3.83. The molecule has 10 heteroatoms. The van der Waals surface area contributed by atoms with E-state index in [1.54, 1.807) is 12.1 Å². The standard InChI is InChI=1S/C17H13N7O3/c1-11-2-4-12(5-3-11)16-19-22-23(21-16)10-15-18-20-17(27-15)13-6-8-14(9-7-13)24(25)26/h2-9H,10H2,1H3. The summed E-state index contributed by atoms with van der Waals surface area (Å²) in [6.07, 6.45) is 0. The number of aryl methyl sites for hydroxylation is 1. The first-order valence-electron chi connectivity index (χ1n) is 8.00. The second kappa shape index (κ2) is 6.75. The maximum atomic E-state index is 10.7. The Morgan fingerprint density at radius 3 is 2.41 bits per heavy atom. The molecule has 0 fully saturated rings. The predicted molar refractivity (Wildman–Crippen MR) is 93.5 cm³/mol. The van der Waals surface area contributed by atoms with Crippen molar-refractivity contribution in [1.82, 2.24) is 30.4 Å². The lowest BCUT2D eigenvalue weighted by Crippen LogP contribution is -2.04. The van der Waals surface area contributed by atoms with Crippen LogP contribution in [-0.2, 0) is 6.54 Å². The van der Waals surface area contributed by atoms with Crippen molar-refractivity contribution in [2.45, 2.75) is 13.5 Å². The van der Waals surface area contributed by atoms with Gasteiger partial charge in [0, 0.05) is 23.3 Å². The van der Waals surface area contributed by atoms with Crippen molar-refractivity contribution in [3.63, 3.8) is 0 Å². The maximum Gasteiger partial charge on any atom is 0.269 e. The smallest absolute Gasteiger partial charge is 0.269 e. The zero-order chi connectivity index (χ0) is 18.8. The first-order chi connectivity index (χ1) is 13.1. The lowest BCUT2D eigenvalue weighted by Gasteiger charge is -1.96. The lowest BCUT2D eigenvalue weighted by molar-refractivity contribution is -0.384. The molecule has 0 atom stereocenters. The monoisotopic (exact) mass is 363 g/mol. The van der Waals surface area contributed by atoms with Gasteiger partial charge in [0.05, 0.1) is 4.92 Å². The van der Waals surface area contributed by atoms with Crippen LogP contribution in [0.15, 0.2) is 52.9 Å². The van der Waals surface area contributed by atoms with Gasteiger partial charge in [0.25, 0.3) is 5.69 Å². The first kappa shape index (κ1) is 16.5. The lowest BCUT2D eigenvalue weighted by atomic mass is 10.1. The van der Waals surface area contributed by atoms with E-state index >= 15 is 0 Å². The molecule has 0 saturated heterocycles. The van der Waals surface area contributed by atoms with E-state index in [2.05, 4.69) is 25.6 Å². The van der Waals surface area contributed by atoms with E-state index in [4.69, 9.17) is 4.42 Å². The van der Waals surface area contributed by atoms with Gasteiger partial charge >= 0.3 is 0 Å². The van der Waals surface area contributed by atoms with Crippen LogP contribution < -0.4 is 0 Å². The Hall–Kier alpha value is -3.95. The summed E-state index contributed by atoms with van der Waals surface area (Å²) in [5.41, 5.74) is 2.60. The molecule has 0 spiro atoms. The quantitative estimate of drug-likeness (QED) is 0.391. The Labute approximate surface area is 152 Å². The number of tetrazole rings is 1. The number of nitrogens with zero attached hydrogens (tertiary/aromatic N) is 7. The summed E-state index contributed by atoms with van der Waals surface area (Å²) < 4.78 is 5.58. The molecule has 10 nitrogen and oxygen atoms in total. The fourth-order valence-corrected chi connectivity index (χ4v) is 2.41. The fraction of sp³-hybridized carbons (Fsp3) is 0.118. The molecule has 0 bridgehead atoms. The van der Waals surface area contributed by atoms with E-state index in [1.807, 2.05) is 31.2 Å². The van der Waals surface area contributed by atoms with Crippen molar-refractivity contribution >= 4 is 5.69 Å². The number of non-ortho nitro benzene ring substituents is 1. The van der Waals surface area contributed by atoms with Gasteiger partial charge in [-0.3, -0.25) is 10.1 Å². The van der Waals surface area contributed by atoms with Crippen LogP contribution in [0.4, 0.5) is 5.69 Å². The minimum atomic E-state index is -0.467. The Bertz CT molecular complexity index is 1080. The average molecular weight is 363 g/mol. The van der Waals surface area contributed by atoms with E-state index in [-0.39, 0.29) is 18.1 Å². The summed E-state index contributed by atoms with van der Waals surface area (Å²) in [5.74, 6) is 1.07. The highest BCUT2D eigenvalue weighted by molar-refractivity contribution is 5.55. The molecule has 2 heterocycles. The van der Waals surface area contributed by atoms with Crippen LogP contribution in [0.2, 0.25) is 0 Å². The topological polar surface area (TPSA) is 126 Å². The van der Waals surface area contributed by atoms with E-state index in [9.17, 15) is 10.1 Å². The molecule has 134 valence electrons. The van der Waals surface area contributed by atoms with Gasteiger partial charge in [0.15, 0.2) is 0 Å². The van der Waals surface area contributed by atoms with Crippen LogP contribution in [0.1, 0.15) is 11.5 Å². The third-order valence-corrected chi connectivity index (χ3v) is 3.83. The number of aromatic nitrogens is 6. The van der Waals surface area contributed by atoms with Gasteiger partial charge in [-0.05, 0) is 24.3 Å². The van der Waals surface area contributed by atoms with Gasteiger partial charge in [-0.1, -0.05) is 29.8 Å². The van der Waals surface area contributed by atoms with Gasteiger partial charge < -0.3 is 4.42 Å². The van der Waals surface area contributed by atoms with Crippen LogP contribution >= 0.6 is 0 Å². The highest BCUT2D eigenvalue weighted by Crippen LogP contribution is 2.21. The van der Waals surface area contributed by atoms with Crippen molar-refractivity contribution in [3.8, 4) is 22.8 Å². The van der Waals surface area contributed by atoms with Crippen molar-refractivity contribution < 1.29 is 9.34 Å². The largest absolute Gasteiger partial charge is 0.419 e.